The van der Waals surface area contributed by atoms with Gasteiger partial charge in [0.2, 0.25) is 12.3 Å². The Morgan fingerprint density at radius 3 is 2.48 bits per heavy atom. The van der Waals surface area contributed by atoms with E-state index in [-0.39, 0.29) is 11.8 Å². The van der Waals surface area contributed by atoms with Gasteiger partial charge in [-0.2, -0.15) is 0 Å². The molecule has 1 aromatic carbocycles. The number of aromatic nitrogens is 1. The van der Waals surface area contributed by atoms with Gasteiger partial charge < -0.3 is 9.80 Å². The van der Waals surface area contributed by atoms with Crippen molar-refractivity contribution in [1.82, 2.24) is 14.4 Å². The zero-order valence-electron chi connectivity index (χ0n) is 12.7. The summed E-state index contributed by atoms with van der Waals surface area (Å²) < 4.78 is 1.44. The van der Waals surface area contributed by atoms with Gasteiger partial charge >= 0.3 is 0 Å². The maximum atomic E-state index is 12.8. The molecule has 0 aliphatic carbocycles. The lowest BCUT2D eigenvalue weighted by molar-refractivity contribution is -0.119. The van der Waals surface area contributed by atoms with E-state index in [9.17, 15) is 14.4 Å². The smallest absolute Gasteiger partial charge is 0.256 e. The van der Waals surface area contributed by atoms with Gasteiger partial charge in [-0.1, -0.05) is 17.7 Å². The predicted molar refractivity (Wildman–Crippen MR) is 86.8 cm³/mol. The molecule has 0 atom stereocenters. The van der Waals surface area contributed by atoms with E-state index in [0.29, 0.717) is 47.7 Å². The molecule has 6 nitrogen and oxygen atoms in total. The summed E-state index contributed by atoms with van der Waals surface area (Å²) >= 11 is 6.01. The Morgan fingerprint density at radius 1 is 1.17 bits per heavy atom. The van der Waals surface area contributed by atoms with Crippen molar-refractivity contribution in [2.24, 2.45) is 0 Å². The van der Waals surface area contributed by atoms with Gasteiger partial charge in [0.1, 0.15) is 0 Å². The first kappa shape index (κ1) is 15.6. The van der Waals surface area contributed by atoms with Crippen LogP contribution in [0.5, 0.6) is 0 Å². The Labute approximate surface area is 138 Å². The van der Waals surface area contributed by atoms with Crippen LogP contribution in [0.2, 0.25) is 5.02 Å². The van der Waals surface area contributed by atoms with E-state index in [4.69, 9.17) is 11.6 Å². The third-order valence-electron chi connectivity index (χ3n) is 4.09. The van der Waals surface area contributed by atoms with Crippen LogP contribution < -0.4 is 0 Å². The van der Waals surface area contributed by atoms with Crippen LogP contribution >= 0.6 is 11.6 Å². The Balaban J connectivity index is 1.98. The van der Waals surface area contributed by atoms with Crippen molar-refractivity contribution in [2.45, 2.75) is 6.92 Å². The number of nitrogens with zero attached hydrogens (tertiary/aromatic N) is 3. The molecule has 120 valence electrons. The Hall–Kier alpha value is -2.34. The fourth-order valence-electron chi connectivity index (χ4n) is 2.83. The van der Waals surface area contributed by atoms with Crippen molar-refractivity contribution >= 4 is 40.7 Å². The lowest BCUT2D eigenvalue weighted by Crippen LogP contribution is -2.48. The molecule has 3 rings (SSSR count). The van der Waals surface area contributed by atoms with Crippen molar-refractivity contribution in [3.05, 3.63) is 35.0 Å². The van der Waals surface area contributed by atoms with Crippen LogP contribution in [0.3, 0.4) is 0 Å². The Bertz CT molecular complexity index is 791. The number of amides is 2. The summed E-state index contributed by atoms with van der Waals surface area (Å²) in [6, 6.07) is 5.14. The molecule has 2 aromatic rings. The molecule has 1 saturated heterocycles. The number of piperazine rings is 1. The number of fused-ring (bicyclic) bond motifs is 1. The maximum absolute atomic E-state index is 12.8. The zero-order chi connectivity index (χ0) is 16.6. The molecule has 0 saturated carbocycles. The summed E-state index contributed by atoms with van der Waals surface area (Å²) in [6.45, 7) is 3.45. The molecule has 0 unspecified atom stereocenters. The molecule has 1 aliphatic rings. The molecule has 0 N–H and O–H groups in total. The monoisotopic (exact) mass is 333 g/mol. The lowest BCUT2D eigenvalue weighted by Gasteiger charge is -2.32. The number of carbonyl (C=O) groups excluding carboxylic acids is 3. The Kier molecular flexibility index (Phi) is 4.09. The first-order valence-corrected chi connectivity index (χ1v) is 7.69. The van der Waals surface area contributed by atoms with Crippen LogP contribution in [-0.2, 0) is 4.79 Å². The van der Waals surface area contributed by atoms with Crippen LogP contribution in [0.25, 0.3) is 10.9 Å². The fraction of sp³-hybridized carbons (Fsp3) is 0.312. The summed E-state index contributed by atoms with van der Waals surface area (Å²) in [7, 11) is 0. The molecule has 7 heteroatoms. The quantitative estimate of drug-likeness (QED) is 0.788. The summed E-state index contributed by atoms with van der Waals surface area (Å²) in [6.07, 6.45) is 2.36. The van der Waals surface area contributed by atoms with E-state index in [1.807, 2.05) is 0 Å². The van der Waals surface area contributed by atoms with Crippen molar-refractivity contribution in [2.75, 3.05) is 26.2 Å². The summed E-state index contributed by atoms with van der Waals surface area (Å²) in [5.74, 6) is -0.315. The topological polar surface area (TPSA) is 62.6 Å². The van der Waals surface area contributed by atoms with Gasteiger partial charge in [-0.3, -0.25) is 19.0 Å². The van der Waals surface area contributed by atoms with E-state index >= 15 is 0 Å². The van der Waals surface area contributed by atoms with Gasteiger partial charge in [0.15, 0.2) is 0 Å². The van der Waals surface area contributed by atoms with Crippen LogP contribution in [0, 0.1) is 0 Å². The minimum absolute atomic E-state index is 0.136. The first-order valence-electron chi connectivity index (χ1n) is 7.31. The lowest BCUT2D eigenvalue weighted by atomic mass is 10.1. The van der Waals surface area contributed by atoms with E-state index in [0.717, 1.165) is 6.41 Å². The molecular weight excluding hydrogens is 318 g/mol. The van der Waals surface area contributed by atoms with E-state index in [1.54, 1.807) is 34.2 Å². The van der Waals surface area contributed by atoms with E-state index in [2.05, 4.69) is 0 Å². The summed E-state index contributed by atoms with van der Waals surface area (Å²) in [5, 5.41) is 1.21. The fourth-order valence-corrected chi connectivity index (χ4v) is 3.00. The second kappa shape index (κ2) is 6.04. The van der Waals surface area contributed by atoms with Crippen LogP contribution in [0.4, 0.5) is 0 Å². The molecule has 1 aromatic heterocycles. The summed E-state index contributed by atoms with van der Waals surface area (Å²) in [5.41, 5.74) is 1.10. The SMILES string of the molecule is CC(=O)n1cc(C(=O)N2CCN(C=O)CC2)c2ccc(Cl)cc21. The third kappa shape index (κ3) is 2.82. The minimum Gasteiger partial charge on any atom is -0.342 e. The number of halogens is 1. The first-order chi connectivity index (χ1) is 11.0. The number of hydrogen-bond acceptors (Lipinski definition) is 3. The maximum Gasteiger partial charge on any atom is 0.256 e. The van der Waals surface area contributed by atoms with Crippen molar-refractivity contribution in [3.63, 3.8) is 0 Å². The molecule has 0 radical (unpaired) electrons. The van der Waals surface area contributed by atoms with Gasteiger partial charge in [-0.05, 0) is 12.1 Å². The standard InChI is InChI=1S/C16H16ClN3O3/c1-11(22)20-9-14(13-3-2-12(17)8-15(13)20)16(23)19-6-4-18(10-21)5-7-19/h2-3,8-10H,4-7H2,1H3. The second-order valence-electron chi connectivity index (χ2n) is 5.53. The highest BCUT2D eigenvalue weighted by atomic mass is 35.5. The van der Waals surface area contributed by atoms with Gasteiger partial charge in [0.05, 0.1) is 11.1 Å². The number of rotatable bonds is 2. The largest absolute Gasteiger partial charge is 0.342 e. The number of benzene rings is 1. The predicted octanol–water partition coefficient (Wildman–Crippen LogP) is 1.87. The summed E-state index contributed by atoms with van der Waals surface area (Å²) in [4.78, 5) is 38.7. The molecule has 0 bridgehead atoms. The van der Waals surface area contributed by atoms with Gasteiger partial charge in [-0.15, -0.1) is 0 Å². The molecule has 0 spiro atoms. The van der Waals surface area contributed by atoms with Gasteiger partial charge in [0, 0.05) is 49.7 Å². The molecule has 2 amide bonds. The normalized spacial score (nSPS) is 15.0. The Morgan fingerprint density at radius 2 is 1.87 bits per heavy atom. The minimum atomic E-state index is -0.179. The average Bonchev–Trinajstić information content (AvgIpc) is 2.93. The second-order valence-corrected chi connectivity index (χ2v) is 5.96. The zero-order valence-corrected chi connectivity index (χ0v) is 13.4. The van der Waals surface area contributed by atoms with E-state index < -0.39 is 0 Å². The van der Waals surface area contributed by atoms with Crippen molar-refractivity contribution < 1.29 is 14.4 Å². The van der Waals surface area contributed by atoms with Crippen LogP contribution in [0.1, 0.15) is 22.1 Å². The number of hydrogen-bond donors (Lipinski definition) is 0. The highest BCUT2D eigenvalue weighted by Gasteiger charge is 2.25. The van der Waals surface area contributed by atoms with Crippen LogP contribution in [0.15, 0.2) is 24.4 Å². The van der Waals surface area contributed by atoms with E-state index in [1.165, 1.54) is 11.5 Å². The average molecular weight is 334 g/mol. The molecule has 1 aliphatic heterocycles. The third-order valence-corrected chi connectivity index (χ3v) is 4.32. The van der Waals surface area contributed by atoms with Crippen LogP contribution in [-0.4, -0.2) is 58.8 Å². The van der Waals surface area contributed by atoms with Crippen molar-refractivity contribution in [1.29, 1.82) is 0 Å². The van der Waals surface area contributed by atoms with Crippen molar-refractivity contribution in [3.8, 4) is 0 Å². The highest BCUT2D eigenvalue weighted by Crippen LogP contribution is 2.26. The van der Waals surface area contributed by atoms with Gasteiger partial charge in [0.25, 0.3) is 5.91 Å². The van der Waals surface area contributed by atoms with Gasteiger partial charge in [-0.25, -0.2) is 0 Å². The molecule has 1 fully saturated rings. The highest BCUT2D eigenvalue weighted by molar-refractivity contribution is 6.31. The molecule has 23 heavy (non-hydrogen) atoms. The molecular formula is C16H16ClN3O3. The molecule has 2 heterocycles. The number of carbonyl (C=O) groups is 3.